The number of sulfonamides is 1. The van der Waals surface area contributed by atoms with Crippen molar-refractivity contribution in [1.82, 2.24) is 14.2 Å². The lowest BCUT2D eigenvalue weighted by Gasteiger charge is -2.27. The molecule has 0 aliphatic carbocycles. The standard InChI is InChI=1S/C29H30F2N4O4S2/c1-33(20-21-6-3-2-4-7-21)41(37,38)24-10-8-22(9-11-24)28(36)35(13-5-12-34-14-16-39-17-15-34)29-32-27-25(31)18-23(30)19-26(27)40-29/h2-4,6-11,18-19H,5,12-17,20H2,1H3. The number of rotatable bonds is 10. The van der Waals surface area contributed by atoms with Crippen LogP contribution in [0.1, 0.15) is 22.3 Å². The number of amides is 1. The summed E-state index contributed by atoms with van der Waals surface area (Å²) < 4.78 is 61.5. The maximum Gasteiger partial charge on any atom is 0.260 e. The van der Waals surface area contributed by atoms with Crippen molar-refractivity contribution in [2.45, 2.75) is 17.9 Å². The number of morpholine rings is 1. The zero-order chi connectivity index (χ0) is 29.0. The Labute approximate surface area is 241 Å². The molecule has 0 radical (unpaired) electrons. The quantitative estimate of drug-likeness (QED) is 0.261. The summed E-state index contributed by atoms with van der Waals surface area (Å²) in [6.45, 7) is 4.13. The third-order valence-corrected chi connectivity index (χ3v) is 9.74. The summed E-state index contributed by atoms with van der Waals surface area (Å²) >= 11 is 1.03. The van der Waals surface area contributed by atoms with Gasteiger partial charge >= 0.3 is 0 Å². The van der Waals surface area contributed by atoms with E-state index in [1.807, 2.05) is 30.3 Å². The highest BCUT2D eigenvalue weighted by Gasteiger charge is 2.25. The fourth-order valence-corrected chi connectivity index (χ4v) is 6.84. The monoisotopic (exact) mass is 600 g/mol. The van der Waals surface area contributed by atoms with Gasteiger partial charge in [-0.05, 0) is 42.3 Å². The summed E-state index contributed by atoms with van der Waals surface area (Å²) in [6, 6.07) is 17.0. The van der Waals surface area contributed by atoms with Crippen LogP contribution in [-0.4, -0.2) is 75.0 Å². The summed E-state index contributed by atoms with van der Waals surface area (Å²) in [7, 11) is -2.29. The molecule has 0 atom stereocenters. The number of halogens is 2. The van der Waals surface area contributed by atoms with Crippen LogP contribution in [0.25, 0.3) is 10.2 Å². The Morgan fingerprint density at radius 3 is 2.46 bits per heavy atom. The number of fused-ring (bicyclic) bond motifs is 1. The van der Waals surface area contributed by atoms with Gasteiger partial charge in [-0.25, -0.2) is 22.2 Å². The first kappa shape index (κ1) is 29.2. The molecule has 216 valence electrons. The molecule has 8 nitrogen and oxygen atoms in total. The predicted molar refractivity (Wildman–Crippen MR) is 155 cm³/mol. The first-order valence-electron chi connectivity index (χ1n) is 13.2. The normalized spacial score (nSPS) is 14.5. The predicted octanol–water partition coefficient (Wildman–Crippen LogP) is 4.76. The van der Waals surface area contributed by atoms with Gasteiger partial charge in [0, 0.05) is 51.4 Å². The van der Waals surface area contributed by atoms with Crippen LogP contribution in [0.5, 0.6) is 0 Å². The number of aromatic nitrogens is 1. The van der Waals surface area contributed by atoms with Gasteiger partial charge in [0.15, 0.2) is 10.9 Å². The molecule has 5 rings (SSSR count). The number of carbonyl (C=O) groups excluding carboxylic acids is 1. The van der Waals surface area contributed by atoms with Gasteiger partial charge in [0.1, 0.15) is 11.3 Å². The largest absolute Gasteiger partial charge is 0.379 e. The highest BCUT2D eigenvalue weighted by atomic mass is 32.2. The summed E-state index contributed by atoms with van der Waals surface area (Å²) in [6.07, 6.45) is 0.620. The van der Waals surface area contributed by atoms with Crippen molar-refractivity contribution in [2.75, 3.05) is 51.3 Å². The number of thiazole rings is 1. The van der Waals surface area contributed by atoms with E-state index >= 15 is 0 Å². The van der Waals surface area contributed by atoms with E-state index in [4.69, 9.17) is 4.74 Å². The second-order valence-corrected chi connectivity index (χ2v) is 12.8. The summed E-state index contributed by atoms with van der Waals surface area (Å²) in [5.41, 5.74) is 1.11. The summed E-state index contributed by atoms with van der Waals surface area (Å²) in [4.78, 5) is 21.8. The van der Waals surface area contributed by atoms with Gasteiger partial charge < -0.3 is 4.74 Å². The zero-order valence-corrected chi connectivity index (χ0v) is 24.1. The average molecular weight is 601 g/mol. The van der Waals surface area contributed by atoms with Crippen molar-refractivity contribution in [3.63, 3.8) is 0 Å². The van der Waals surface area contributed by atoms with E-state index in [9.17, 15) is 22.0 Å². The summed E-state index contributed by atoms with van der Waals surface area (Å²) in [5.74, 6) is -1.92. The van der Waals surface area contributed by atoms with E-state index in [1.54, 1.807) is 0 Å². The number of hydrogen-bond donors (Lipinski definition) is 0. The second kappa shape index (κ2) is 12.7. The molecular weight excluding hydrogens is 570 g/mol. The van der Waals surface area contributed by atoms with Crippen LogP contribution in [0.4, 0.5) is 13.9 Å². The molecule has 0 bridgehead atoms. The molecule has 1 aliphatic heterocycles. The van der Waals surface area contributed by atoms with Gasteiger partial charge in [0.05, 0.1) is 22.8 Å². The molecule has 1 fully saturated rings. The van der Waals surface area contributed by atoms with Gasteiger partial charge in [-0.15, -0.1) is 0 Å². The minimum absolute atomic E-state index is 0.000254. The van der Waals surface area contributed by atoms with Crippen molar-refractivity contribution in [3.05, 3.63) is 89.5 Å². The molecule has 4 aromatic rings. The number of ether oxygens (including phenoxy) is 1. The molecule has 0 unspecified atom stereocenters. The number of nitrogens with zero attached hydrogens (tertiary/aromatic N) is 4. The second-order valence-electron chi connectivity index (χ2n) is 9.77. The van der Waals surface area contributed by atoms with E-state index in [0.717, 1.165) is 42.6 Å². The number of anilines is 1. The average Bonchev–Trinajstić information content (AvgIpc) is 3.40. The minimum atomic E-state index is -3.80. The highest BCUT2D eigenvalue weighted by molar-refractivity contribution is 7.89. The Bertz CT molecular complexity index is 1610. The molecule has 0 N–H and O–H groups in total. The minimum Gasteiger partial charge on any atom is -0.379 e. The molecular formula is C29H30F2N4O4S2. The van der Waals surface area contributed by atoms with Crippen LogP contribution in [0.2, 0.25) is 0 Å². The Balaban J connectivity index is 1.37. The van der Waals surface area contributed by atoms with Crippen molar-refractivity contribution in [3.8, 4) is 0 Å². The lowest BCUT2D eigenvalue weighted by molar-refractivity contribution is 0.0376. The molecule has 1 aliphatic rings. The smallest absolute Gasteiger partial charge is 0.260 e. The SMILES string of the molecule is CN(Cc1ccccc1)S(=O)(=O)c1ccc(C(=O)N(CCCN2CCOCC2)c2nc3c(F)cc(F)cc3s2)cc1. The van der Waals surface area contributed by atoms with E-state index in [0.29, 0.717) is 30.9 Å². The zero-order valence-electron chi connectivity index (χ0n) is 22.5. The van der Waals surface area contributed by atoms with Crippen LogP contribution in [-0.2, 0) is 21.3 Å². The highest BCUT2D eigenvalue weighted by Crippen LogP contribution is 2.32. The molecule has 1 amide bonds. The molecule has 3 aromatic carbocycles. The van der Waals surface area contributed by atoms with Gasteiger partial charge in [-0.2, -0.15) is 4.31 Å². The molecule has 0 saturated carbocycles. The Hall–Kier alpha value is -3.29. The molecule has 41 heavy (non-hydrogen) atoms. The molecule has 0 spiro atoms. The van der Waals surface area contributed by atoms with Gasteiger partial charge in [0.2, 0.25) is 10.0 Å². The van der Waals surface area contributed by atoms with E-state index < -0.39 is 27.6 Å². The third-order valence-electron chi connectivity index (χ3n) is 6.90. The lowest BCUT2D eigenvalue weighted by atomic mass is 10.2. The fraction of sp³-hybridized carbons (Fsp3) is 0.310. The summed E-state index contributed by atoms with van der Waals surface area (Å²) in [5, 5.41) is 0.246. The van der Waals surface area contributed by atoms with Crippen molar-refractivity contribution < 1.29 is 26.7 Å². The molecule has 2 heterocycles. The molecule has 12 heteroatoms. The Kier molecular flexibility index (Phi) is 9.05. The first-order valence-corrected chi connectivity index (χ1v) is 15.5. The maximum absolute atomic E-state index is 14.4. The van der Waals surface area contributed by atoms with E-state index in [-0.39, 0.29) is 27.7 Å². The van der Waals surface area contributed by atoms with Crippen LogP contribution in [0, 0.1) is 11.6 Å². The van der Waals surface area contributed by atoms with Gasteiger partial charge in [0.25, 0.3) is 5.91 Å². The third kappa shape index (κ3) is 6.79. The molecule has 1 saturated heterocycles. The van der Waals surface area contributed by atoms with Crippen LogP contribution in [0.3, 0.4) is 0 Å². The van der Waals surface area contributed by atoms with Crippen molar-refractivity contribution in [1.29, 1.82) is 0 Å². The maximum atomic E-state index is 14.4. The van der Waals surface area contributed by atoms with E-state index in [1.165, 1.54) is 46.6 Å². The number of hydrogen-bond acceptors (Lipinski definition) is 7. The first-order chi connectivity index (χ1) is 19.7. The van der Waals surface area contributed by atoms with Crippen molar-refractivity contribution >= 4 is 42.6 Å². The Morgan fingerprint density at radius 2 is 1.76 bits per heavy atom. The lowest BCUT2D eigenvalue weighted by Crippen LogP contribution is -2.39. The molecule has 1 aromatic heterocycles. The fourth-order valence-electron chi connectivity index (χ4n) is 4.65. The van der Waals surface area contributed by atoms with Gasteiger partial charge in [-0.3, -0.25) is 14.6 Å². The number of carbonyl (C=O) groups is 1. The van der Waals surface area contributed by atoms with Gasteiger partial charge in [-0.1, -0.05) is 41.7 Å². The van der Waals surface area contributed by atoms with Crippen molar-refractivity contribution in [2.24, 2.45) is 0 Å². The topological polar surface area (TPSA) is 83.1 Å². The number of benzene rings is 3. The van der Waals surface area contributed by atoms with Crippen LogP contribution in [0.15, 0.2) is 71.6 Å². The van der Waals surface area contributed by atoms with E-state index in [2.05, 4.69) is 9.88 Å². The van der Waals surface area contributed by atoms with Crippen LogP contribution < -0.4 is 4.90 Å². The van der Waals surface area contributed by atoms with Crippen LogP contribution >= 0.6 is 11.3 Å². The Morgan fingerprint density at radius 1 is 1.05 bits per heavy atom.